The highest BCUT2D eigenvalue weighted by Crippen LogP contribution is 2.57. The average Bonchev–Trinajstić information content (AvgIpc) is 0.744. The van der Waals surface area contributed by atoms with Crippen molar-refractivity contribution in [3.05, 3.63) is 319 Å². The Balaban J connectivity index is 1.12. The summed E-state index contributed by atoms with van der Waals surface area (Å²) in [6, 6.07) is 94.8. The van der Waals surface area contributed by atoms with Crippen LogP contribution >= 0.6 is 0 Å². The van der Waals surface area contributed by atoms with E-state index in [2.05, 4.69) is 341 Å². The molecule has 0 saturated carbocycles. The van der Waals surface area contributed by atoms with Crippen LogP contribution in [-0.2, 0) is 21.7 Å². The third kappa shape index (κ3) is 10.3. The highest BCUT2D eigenvalue weighted by Gasteiger charge is 2.46. The van der Waals surface area contributed by atoms with Crippen LogP contribution in [0.2, 0.25) is 0 Å². The number of hydrogen-bond acceptors (Lipinski definition) is 2. The van der Waals surface area contributed by atoms with E-state index in [1.54, 1.807) is 0 Å². The Morgan fingerprint density at radius 2 is 0.781 bits per heavy atom. The van der Waals surface area contributed by atoms with Gasteiger partial charge in [0.05, 0.1) is 12.5 Å². The molecule has 0 saturated heterocycles. The van der Waals surface area contributed by atoms with Crippen molar-refractivity contribution < 1.29 is 6.85 Å². The van der Waals surface area contributed by atoms with E-state index < -0.39 is 12.8 Å². The predicted molar refractivity (Wildman–Crippen MR) is 412 cm³/mol. The molecule has 1 aliphatic carbocycles. The van der Waals surface area contributed by atoms with Gasteiger partial charge in [0.2, 0.25) is 0 Å². The van der Waals surface area contributed by atoms with Crippen molar-refractivity contribution in [2.75, 3.05) is 9.80 Å². The fourth-order valence-corrected chi connectivity index (χ4v) is 15.4. The lowest BCUT2D eigenvalue weighted by Crippen LogP contribution is -2.61. The maximum absolute atomic E-state index is 9.58. The zero-order chi connectivity index (χ0) is 70.3. The molecule has 466 valence electrons. The molecule has 0 amide bonds. The molecule has 0 atom stereocenters. The Labute approximate surface area is 576 Å². The van der Waals surface area contributed by atoms with Crippen LogP contribution in [0.1, 0.15) is 111 Å². The predicted octanol–water partition coefficient (Wildman–Crippen LogP) is 23.6. The number of anilines is 6. The van der Waals surface area contributed by atoms with E-state index in [1.165, 1.54) is 38.9 Å². The van der Waals surface area contributed by atoms with Crippen molar-refractivity contribution >= 4 is 57.2 Å². The summed E-state index contributed by atoms with van der Waals surface area (Å²) in [4.78, 5) is 5.11. The minimum Gasteiger partial charge on any atom is -0.311 e. The fourth-order valence-electron chi connectivity index (χ4n) is 15.4. The number of rotatable bonds is 9. The first kappa shape index (κ1) is 54.9. The van der Waals surface area contributed by atoms with Crippen molar-refractivity contribution in [1.29, 1.82) is 0 Å². The van der Waals surface area contributed by atoms with E-state index in [0.29, 0.717) is 5.56 Å². The van der Waals surface area contributed by atoms with Crippen LogP contribution in [-0.4, -0.2) is 6.71 Å². The second kappa shape index (κ2) is 22.9. The van der Waals surface area contributed by atoms with Crippen LogP contribution in [0.3, 0.4) is 0 Å². The summed E-state index contributed by atoms with van der Waals surface area (Å²) in [5, 5.41) is 0. The molecule has 0 unspecified atom stereocenters. The highest BCUT2D eigenvalue weighted by molar-refractivity contribution is 7.00. The van der Waals surface area contributed by atoms with Crippen molar-refractivity contribution in [2.45, 2.75) is 97.8 Å². The molecule has 2 aliphatic heterocycles. The molecule has 0 fully saturated rings. The molecule has 2 heterocycles. The Hall–Kier alpha value is -10.5. The first-order valence-corrected chi connectivity index (χ1v) is 33.9. The highest BCUT2D eigenvalue weighted by atomic mass is 15.2. The monoisotopic (exact) mass is 1240 g/mol. The van der Waals surface area contributed by atoms with E-state index in [0.717, 1.165) is 117 Å². The summed E-state index contributed by atoms with van der Waals surface area (Å²) in [7, 11) is 0. The standard InChI is InChI=1S/C93H81BN2/c1-90(2,3)71-49-69(50-72(57-71)91(4,5)6)66-44-46-81-84(54-66)96(89-77(63-36-23-15-24-37-63)58-73(92(7,8)9)59-78(89)64-38-25-16-26-39-64)86-56-70(75-41-29-43-80-87(75)76-40-27-28-42-79(76)93(80,10)11)55-85-88(86)94(81)82-53-65(60-30-17-12-18-31-60)45-47-83(82)95(85)74-51-67(61-32-19-13-20-33-61)48-68(52-74)62-34-21-14-22-35-62/h12-59H,1-11H3/i12D,17D,18D,30D,31D. The van der Waals surface area contributed by atoms with Crippen LogP contribution < -0.4 is 26.2 Å². The third-order valence-electron chi connectivity index (χ3n) is 20.5. The van der Waals surface area contributed by atoms with Crippen LogP contribution in [0, 0.1) is 0 Å². The summed E-state index contributed by atoms with van der Waals surface area (Å²) in [5.41, 5.74) is 30.6. The van der Waals surface area contributed by atoms with E-state index >= 15 is 0 Å². The van der Waals surface area contributed by atoms with Gasteiger partial charge in [-0.15, -0.1) is 0 Å². The molecule has 13 aromatic carbocycles. The summed E-state index contributed by atoms with van der Waals surface area (Å²) in [6.07, 6.45) is 0. The van der Waals surface area contributed by atoms with Gasteiger partial charge in [0.1, 0.15) is 0 Å². The lowest BCUT2D eigenvalue weighted by atomic mass is 9.33. The molecule has 2 nitrogen and oxygen atoms in total. The van der Waals surface area contributed by atoms with E-state index in [1.807, 2.05) is 6.07 Å². The Kier molecular flexibility index (Phi) is 13.1. The maximum atomic E-state index is 9.58. The van der Waals surface area contributed by atoms with Gasteiger partial charge in [0.25, 0.3) is 6.71 Å². The first-order valence-electron chi connectivity index (χ1n) is 36.4. The lowest BCUT2D eigenvalue weighted by Gasteiger charge is -2.46. The van der Waals surface area contributed by atoms with Gasteiger partial charge in [0, 0.05) is 45.0 Å². The zero-order valence-corrected chi connectivity index (χ0v) is 56.8. The van der Waals surface area contributed by atoms with Crippen LogP contribution in [0.5, 0.6) is 0 Å². The average molecular weight is 1240 g/mol. The van der Waals surface area contributed by atoms with Crippen molar-refractivity contribution in [1.82, 2.24) is 0 Å². The maximum Gasteiger partial charge on any atom is 0.252 e. The van der Waals surface area contributed by atoms with Gasteiger partial charge in [0.15, 0.2) is 0 Å². The molecule has 96 heavy (non-hydrogen) atoms. The number of hydrogen-bond donors (Lipinski definition) is 0. The molecule has 0 N–H and O–H groups in total. The van der Waals surface area contributed by atoms with Gasteiger partial charge in [-0.2, -0.15) is 0 Å². The number of benzene rings is 13. The minimum atomic E-state index is -0.474. The Morgan fingerprint density at radius 3 is 1.35 bits per heavy atom. The fraction of sp³-hybridized carbons (Fsp3) is 0.161. The van der Waals surface area contributed by atoms with Gasteiger partial charge < -0.3 is 9.80 Å². The lowest BCUT2D eigenvalue weighted by molar-refractivity contribution is 0.569. The summed E-state index contributed by atoms with van der Waals surface area (Å²) >= 11 is 0. The molecule has 13 aromatic rings. The minimum absolute atomic E-state index is 0.155. The third-order valence-corrected chi connectivity index (χ3v) is 20.5. The molecule has 0 aromatic heterocycles. The van der Waals surface area contributed by atoms with E-state index in [9.17, 15) is 2.74 Å². The second-order valence-electron chi connectivity index (χ2n) is 30.2. The van der Waals surface area contributed by atoms with Crippen LogP contribution in [0.4, 0.5) is 34.1 Å². The Morgan fingerprint density at radius 1 is 0.312 bits per heavy atom. The smallest absolute Gasteiger partial charge is 0.252 e. The van der Waals surface area contributed by atoms with E-state index in [-0.39, 0.29) is 51.4 Å². The molecule has 16 rings (SSSR count). The van der Waals surface area contributed by atoms with Gasteiger partial charge in [-0.25, -0.2) is 0 Å². The van der Waals surface area contributed by atoms with Gasteiger partial charge >= 0.3 is 0 Å². The topological polar surface area (TPSA) is 6.48 Å². The SMILES string of the molecule is [2H]c1c([2H])c([2H])c(-c2ccc3c(c2)B2c4ccc(-c5cc(C(C)(C)C)cc(C(C)(C)C)c5)cc4N(c4c(-c5ccccc5)cc(C(C)(C)C)cc4-c4ccccc4)c4cc(-c5cccc6c5-c5ccccc5C6(C)C)cc(c42)N3c2cc(-c3ccccc3)cc(-c3ccccc3)c2)c([2H])c1[2H]. The van der Waals surface area contributed by atoms with Crippen LogP contribution in [0.25, 0.3) is 89.0 Å². The van der Waals surface area contributed by atoms with Crippen molar-refractivity contribution in [3.63, 3.8) is 0 Å². The quantitative estimate of drug-likeness (QED) is 0.133. The normalized spacial score (nSPS) is 14.3. The first-order chi connectivity index (χ1) is 48.3. The van der Waals surface area contributed by atoms with Gasteiger partial charge in [-0.05, 0) is 193 Å². The molecule has 3 aliphatic rings. The van der Waals surface area contributed by atoms with E-state index in [4.69, 9.17) is 4.11 Å². The largest absolute Gasteiger partial charge is 0.311 e. The Bertz CT molecular complexity index is 5330. The molecular formula is C93H81BN2. The molecule has 3 heteroatoms. The summed E-state index contributed by atoms with van der Waals surface area (Å²) in [5.74, 6) is 0. The van der Waals surface area contributed by atoms with Gasteiger partial charge in [-0.1, -0.05) is 313 Å². The van der Waals surface area contributed by atoms with Crippen LogP contribution in [0.15, 0.2) is 291 Å². The molecule has 0 spiro atoms. The van der Waals surface area contributed by atoms with Crippen molar-refractivity contribution in [2.24, 2.45) is 0 Å². The zero-order valence-electron chi connectivity index (χ0n) is 61.8. The summed E-state index contributed by atoms with van der Waals surface area (Å²) < 4.78 is 46.1. The van der Waals surface area contributed by atoms with Gasteiger partial charge in [-0.3, -0.25) is 0 Å². The summed E-state index contributed by atoms with van der Waals surface area (Å²) in [6.45, 7) is 25.0. The molecular weight excluding hydrogens is 1160 g/mol. The second-order valence-corrected chi connectivity index (χ2v) is 30.2. The molecule has 0 bridgehead atoms. The number of fused-ring (bicyclic) bond motifs is 7. The number of nitrogens with zero attached hydrogens (tertiary/aromatic N) is 2. The molecule has 0 radical (unpaired) electrons. The van der Waals surface area contributed by atoms with Crippen molar-refractivity contribution in [3.8, 4) is 89.0 Å².